The van der Waals surface area contributed by atoms with Crippen molar-refractivity contribution in [1.82, 2.24) is 9.88 Å². The van der Waals surface area contributed by atoms with Crippen LogP contribution in [0.3, 0.4) is 0 Å². The van der Waals surface area contributed by atoms with Crippen molar-refractivity contribution in [3.63, 3.8) is 0 Å². The van der Waals surface area contributed by atoms with Crippen LogP contribution in [-0.2, 0) is 15.9 Å². The lowest BCUT2D eigenvalue weighted by molar-refractivity contribution is 0.0531. The number of aryl methyl sites for hydroxylation is 1. The minimum Gasteiger partial charge on any atom is -0.497 e. The number of thiazole rings is 1. The molecule has 2 fully saturated rings. The summed E-state index contributed by atoms with van der Waals surface area (Å²) in [6, 6.07) is 8.04. The molecule has 0 saturated carbocycles. The van der Waals surface area contributed by atoms with Gasteiger partial charge >= 0.3 is 0 Å². The van der Waals surface area contributed by atoms with E-state index in [1.165, 1.54) is 16.9 Å². The first-order chi connectivity index (χ1) is 15.1. The second-order valence-electron chi connectivity index (χ2n) is 7.99. The topological polar surface area (TPSA) is 64.1 Å². The minimum atomic E-state index is 0.0542. The van der Waals surface area contributed by atoms with Gasteiger partial charge < -0.3 is 24.0 Å². The Bertz CT molecular complexity index is 858. The Morgan fingerprint density at radius 2 is 2.03 bits per heavy atom. The number of morpholine rings is 1. The van der Waals surface area contributed by atoms with Gasteiger partial charge in [-0.1, -0.05) is 23.5 Å². The molecule has 4 rings (SSSR count). The third-order valence-electron chi connectivity index (χ3n) is 5.83. The van der Waals surface area contributed by atoms with E-state index in [1.54, 1.807) is 7.11 Å². The summed E-state index contributed by atoms with van der Waals surface area (Å²) in [7, 11) is 1.67. The van der Waals surface area contributed by atoms with Gasteiger partial charge in [-0.2, -0.15) is 0 Å². The number of hydrogen-bond donors (Lipinski definition) is 0. The highest BCUT2D eigenvalue weighted by molar-refractivity contribution is 7.17. The van der Waals surface area contributed by atoms with Crippen LogP contribution in [0, 0.1) is 6.92 Å². The number of rotatable bonds is 8. The van der Waals surface area contributed by atoms with Crippen LogP contribution in [0.4, 0.5) is 5.13 Å². The minimum absolute atomic E-state index is 0.0542. The van der Waals surface area contributed by atoms with Gasteiger partial charge in [0, 0.05) is 32.8 Å². The molecule has 7 nitrogen and oxygen atoms in total. The number of anilines is 1. The fourth-order valence-electron chi connectivity index (χ4n) is 3.98. The number of carbonyl (C=O) groups excluding carboxylic acids is 1. The number of amides is 1. The third kappa shape index (κ3) is 5.56. The number of hydrogen-bond acceptors (Lipinski definition) is 7. The molecular formula is C23H31N3O4S. The molecule has 2 aliphatic rings. The molecule has 0 bridgehead atoms. The Balaban J connectivity index is 1.48. The normalized spacial score (nSPS) is 18.9. The van der Waals surface area contributed by atoms with Crippen molar-refractivity contribution in [2.75, 3.05) is 58.0 Å². The van der Waals surface area contributed by atoms with Crippen LogP contribution in [0.15, 0.2) is 24.3 Å². The molecule has 168 valence electrons. The summed E-state index contributed by atoms with van der Waals surface area (Å²) < 4.78 is 16.5. The maximum Gasteiger partial charge on any atom is 0.266 e. The molecule has 1 aromatic carbocycles. The predicted molar refractivity (Wildman–Crippen MR) is 121 cm³/mol. The fourth-order valence-corrected chi connectivity index (χ4v) is 5.07. The molecule has 0 N–H and O–H groups in total. The molecule has 2 aromatic rings. The van der Waals surface area contributed by atoms with Gasteiger partial charge in [0.1, 0.15) is 10.6 Å². The zero-order valence-electron chi connectivity index (χ0n) is 18.3. The van der Waals surface area contributed by atoms with Crippen LogP contribution in [0.5, 0.6) is 5.75 Å². The van der Waals surface area contributed by atoms with E-state index in [1.807, 2.05) is 24.0 Å². The summed E-state index contributed by atoms with van der Waals surface area (Å²) >= 11 is 1.50. The molecule has 1 amide bonds. The summed E-state index contributed by atoms with van der Waals surface area (Å²) in [5.41, 5.74) is 1.99. The summed E-state index contributed by atoms with van der Waals surface area (Å²) in [6.45, 7) is 7.03. The van der Waals surface area contributed by atoms with Gasteiger partial charge in [-0.3, -0.25) is 4.79 Å². The first-order valence-corrected chi connectivity index (χ1v) is 11.8. The summed E-state index contributed by atoms with van der Waals surface area (Å²) in [4.78, 5) is 23.1. The molecule has 0 radical (unpaired) electrons. The van der Waals surface area contributed by atoms with Crippen molar-refractivity contribution in [3.05, 3.63) is 40.4 Å². The van der Waals surface area contributed by atoms with E-state index in [0.29, 0.717) is 26.3 Å². The van der Waals surface area contributed by atoms with Crippen molar-refractivity contribution >= 4 is 22.4 Å². The van der Waals surface area contributed by atoms with Crippen LogP contribution in [-0.4, -0.2) is 75.0 Å². The maximum atomic E-state index is 13.5. The Morgan fingerprint density at radius 3 is 2.71 bits per heavy atom. The van der Waals surface area contributed by atoms with Crippen molar-refractivity contribution in [1.29, 1.82) is 0 Å². The van der Waals surface area contributed by atoms with Gasteiger partial charge in [0.05, 0.1) is 32.1 Å². The monoisotopic (exact) mass is 445 g/mol. The highest BCUT2D eigenvalue weighted by Crippen LogP contribution is 2.28. The maximum absolute atomic E-state index is 13.5. The molecule has 1 atom stereocenters. The molecule has 1 unspecified atom stereocenters. The van der Waals surface area contributed by atoms with E-state index >= 15 is 0 Å². The number of nitrogens with zero attached hydrogens (tertiary/aromatic N) is 3. The second-order valence-corrected chi connectivity index (χ2v) is 8.97. The Morgan fingerprint density at radius 1 is 1.26 bits per heavy atom. The van der Waals surface area contributed by atoms with Crippen molar-refractivity contribution in [2.45, 2.75) is 32.3 Å². The molecule has 1 aromatic heterocycles. The van der Waals surface area contributed by atoms with E-state index in [4.69, 9.17) is 19.2 Å². The van der Waals surface area contributed by atoms with Crippen LogP contribution >= 0.6 is 11.3 Å². The molecule has 0 spiro atoms. The number of ether oxygens (including phenoxy) is 3. The zero-order chi connectivity index (χ0) is 21.6. The molecule has 2 saturated heterocycles. The molecule has 8 heteroatoms. The van der Waals surface area contributed by atoms with Crippen molar-refractivity contribution < 1.29 is 19.0 Å². The number of methoxy groups -OCH3 is 1. The predicted octanol–water partition coefficient (Wildman–Crippen LogP) is 3.16. The quantitative estimate of drug-likeness (QED) is 0.622. The average molecular weight is 446 g/mol. The lowest BCUT2D eigenvalue weighted by Crippen LogP contribution is -2.38. The largest absolute Gasteiger partial charge is 0.497 e. The van der Waals surface area contributed by atoms with Gasteiger partial charge in [-0.05, 0) is 43.9 Å². The first kappa shape index (κ1) is 22.0. The highest BCUT2D eigenvalue weighted by Gasteiger charge is 2.27. The standard InChI is InChI=1S/C23H31N3O4S/c1-17-21(31-23(24-17)25-11-14-29-15-12-25)22(27)26(16-20-4-3-13-30-20)10-9-18-5-7-19(28-2)8-6-18/h5-8,20H,3-4,9-16H2,1-2H3. The van der Waals surface area contributed by atoms with Crippen molar-refractivity contribution in [3.8, 4) is 5.75 Å². The van der Waals surface area contributed by atoms with E-state index < -0.39 is 0 Å². The average Bonchev–Trinajstić information content (AvgIpc) is 3.46. The zero-order valence-corrected chi connectivity index (χ0v) is 19.2. The van der Waals surface area contributed by atoms with E-state index in [2.05, 4.69) is 17.0 Å². The lowest BCUT2D eigenvalue weighted by Gasteiger charge is -2.26. The van der Waals surface area contributed by atoms with Gasteiger partial charge in [0.2, 0.25) is 0 Å². The third-order valence-corrected chi connectivity index (χ3v) is 7.03. The summed E-state index contributed by atoms with van der Waals surface area (Å²) in [5, 5.41) is 0.913. The second kappa shape index (κ2) is 10.4. The number of carbonyl (C=O) groups is 1. The lowest BCUT2D eigenvalue weighted by atomic mass is 10.1. The highest BCUT2D eigenvalue weighted by atomic mass is 32.1. The van der Waals surface area contributed by atoms with Gasteiger partial charge in [0.25, 0.3) is 5.91 Å². The van der Waals surface area contributed by atoms with E-state index in [-0.39, 0.29) is 12.0 Å². The Kier molecular flexibility index (Phi) is 7.42. The molecule has 0 aliphatic carbocycles. The number of benzene rings is 1. The summed E-state index contributed by atoms with van der Waals surface area (Å²) in [6.07, 6.45) is 2.97. The molecular weight excluding hydrogens is 414 g/mol. The van der Waals surface area contributed by atoms with Crippen LogP contribution < -0.4 is 9.64 Å². The SMILES string of the molecule is COc1ccc(CCN(CC2CCCO2)C(=O)c2sc(N3CCOCC3)nc2C)cc1. The van der Waals surface area contributed by atoms with Crippen LogP contribution in [0.1, 0.15) is 33.8 Å². The molecule has 3 heterocycles. The Labute approximate surface area is 187 Å². The number of aromatic nitrogens is 1. The molecule has 31 heavy (non-hydrogen) atoms. The van der Waals surface area contributed by atoms with E-state index in [9.17, 15) is 4.79 Å². The van der Waals surface area contributed by atoms with Crippen molar-refractivity contribution in [2.24, 2.45) is 0 Å². The van der Waals surface area contributed by atoms with E-state index in [0.717, 1.165) is 60.4 Å². The van der Waals surface area contributed by atoms with Gasteiger partial charge in [0.15, 0.2) is 5.13 Å². The van der Waals surface area contributed by atoms with Crippen LogP contribution in [0.25, 0.3) is 0 Å². The van der Waals surface area contributed by atoms with Gasteiger partial charge in [-0.15, -0.1) is 0 Å². The smallest absolute Gasteiger partial charge is 0.266 e. The molecule has 2 aliphatic heterocycles. The fraction of sp³-hybridized carbons (Fsp3) is 0.565. The van der Waals surface area contributed by atoms with Gasteiger partial charge in [-0.25, -0.2) is 4.98 Å². The van der Waals surface area contributed by atoms with Crippen LogP contribution in [0.2, 0.25) is 0 Å². The summed E-state index contributed by atoms with van der Waals surface area (Å²) in [5.74, 6) is 0.894. The Hall–Kier alpha value is -2.16. The first-order valence-electron chi connectivity index (χ1n) is 11.0.